The normalized spacial score (nSPS) is 10.8. The van der Waals surface area contributed by atoms with Gasteiger partial charge in [-0.25, -0.2) is 19.0 Å². The van der Waals surface area contributed by atoms with Crippen molar-refractivity contribution in [3.8, 4) is 23.0 Å². The van der Waals surface area contributed by atoms with E-state index in [0.717, 1.165) is 34.5 Å². The second-order valence-corrected chi connectivity index (χ2v) is 18.4. The highest BCUT2D eigenvalue weighted by Crippen LogP contribution is 2.31. The first-order valence-corrected chi connectivity index (χ1v) is 24.2. The number of methoxy groups -OCH3 is 2. The Labute approximate surface area is 426 Å². The number of nitrogens with two attached hydrogens (primary N) is 1. The van der Waals surface area contributed by atoms with Crippen molar-refractivity contribution in [2.75, 3.05) is 56.9 Å². The zero-order chi connectivity index (χ0) is 51.7. The molecule has 0 unspecified atom stereocenters. The summed E-state index contributed by atoms with van der Waals surface area (Å²) < 4.78 is 45.4. The second kappa shape index (κ2) is 29.4. The van der Waals surface area contributed by atoms with E-state index in [2.05, 4.69) is 54.1 Å². The predicted molar refractivity (Wildman–Crippen MR) is 281 cm³/mol. The number of ketones is 2. The van der Waals surface area contributed by atoms with Crippen LogP contribution in [0.3, 0.4) is 0 Å². The van der Waals surface area contributed by atoms with E-state index in [1.165, 1.54) is 24.6 Å². The van der Waals surface area contributed by atoms with Gasteiger partial charge in [0.1, 0.15) is 39.1 Å². The minimum atomic E-state index is -0.633. The van der Waals surface area contributed by atoms with Crippen LogP contribution in [0.25, 0.3) is 0 Å². The van der Waals surface area contributed by atoms with Gasteiger partial charge < -0.3 is 50.1 Å². The lowest BCUT2D eigenvalue weighted by Gasteiger charge is -2.19. The molecule has 4 aromatic carbocycles. The molecule has 0 aliphatic carbocycles. The number of thiocarbonyl (C=S) groups is 1. The highest BCUT2D eigenvalue weighted by Gasteiger charge is 2.20. The minimum absolute atomic E-state index is 0.0519. The summed E-state index contributed by atoms with van der Waals surface area (Å²) in [4.78, 5) is 55.5. The Morgan fingerprint density at radius 2 is 1.34 bits per heavy atom. The van der Waals surface area contributed by atoms with Gasteiger partial charge in [0.15, 0.2) is 22.5 Å². The maximum atomic E-state index is 14.0. The van der Waals surface area contributed by atoms with Crippen molar-refractivity contribution < 1.29 is 52.0 Å². The Bertz CT molecular complexity index is 2500. The van der Waals surface area contributed by atoms with E-state index in [1.807, 2.05) is 51.1 Å². The van der Waals surface area contributed by atoms with Crippen LogP contribution in [0.2, 0.25) is 0 Å². The summed E-state index contributed by atoms with van der Waals surface area (Å²) in [5, 5.41) is 10.7. The summed E-state index contributed by atoms with van der Waals surface area (Å²) in [5.74, 6) is 1.25. The van der Waals surface area contributed by atoms with Crippen molar-refractivity contribution in [3.63, 3.8) is 0 Å². The first kappa shape index (κ1) is 57.7. The quantitative estimate of drug-likeness (QED) is 0.0188. The summed E-state index contributed by atoms with van der Waals surface area (Å²) in [7, 11) is 2.93. The molecule has 0 aliphatic heterocycles. The number of carbonyl (C=O) groups excluding carboxylic acids is 4. The van der Waals surface area contributed by atoms with Crippen LogP contribution < -0.4 is 40.6 Å². The lowest BCUT2D eigenvalue weighted by molar-refractivity contribution is 0.0513. The SMILES string of the molecule is CC(C)(C)OC(=O)NCCCOc1ccc(N=CC=S)cc1.COc1ccc(C(=O)c2sc(Nc3ccc(OCCCNC(=O)OC(C)(C)C)cc3)nc2N)cc1F.COc1cccc(C(=O)CBr)c1. The number of aromatic nitrogens is 1. The first-order chi connectivity index (χ1) is 33.2. The van der Waals surface area contributed by atoms with Gasteiger partial charge in [-0.3, -0.25) is 14.6 Å². The van der Waals surface area contributed by atoms with Crippen LogP contribution in [-0.2, 0) is 9.47 Å². The van der Waals surface area contributed by atoms with Gasteiger partial charge in [-0.05, 0) is 133 Å². The fourth-order valence-electron chi connectivity index (χ4n) is 5.40. The summed E-state index contributed by atoms with van der Waals surface area (Å²) in [6.07, 6.45) is 2.01. The number of rotatable bonds is 20. The third-order valence-electron chi connectivity index (χ3n) is 8.53. The molecule has 0 atom stereocenters. The molecule has 70 heavy (non-hydrogen) atoms. The number of nitrogens with one attached hydrogen (secondary N) is 3. The predicted octanol–water partition coefficient (Wildman–Crippen LogP) is 11.1. The van der Waals surface area contributed by atoms with Crippen molar-refractivity contribution in [1.82, 2.24) is 15.6 Å². The molecular formula is C50H60BrFN6O10S2. The number of nitrogens with zero attached hydrogens (tertiary/aromatic N) is 2. The fraction of sp³-hybridized carbons (Fsp3) is 0.340. The van der Waals surface area contributed by atoms with E-state index >= 15 is 0 Å². The number of amides is 2. The number of aliphatic imine (C=N–C) groups is 1. The average molecular weight is 1070 g/mol. The van der Waals surface area contributed by atoms with Crippen LogP contribution in [-0.4, -0.2) is 97.4 Å². The van der Waals surface area contributed by atoms with E-state index < -0.39 is 35.0 Å². The number of nitrogen functional groups attached to an aromatic ring is 1. The van der Waals surface area contributed by atoms with E-state index in [4.69, 9.17) is 34.2 Å². The number of alkyl carbamates (subject to hydrolysis) is 2. The van der Waals surface area contributed by atoms with Gasteiger partial charge in [-0.15, -0.1) is 0 Å². The first-order valence-electron chi connectivity index (χ1n) is 21.8. The van der Waals surface area contributed by atoms with Crippen molar-refractivity contribution in [1.29, 1.82) is 0 Å². The molecule has 0 saturated carbocycles. The third-order valence-corrected chi connectivity index (χ3v) is 10.1. The molecule has 0 radical (unpaired) electrons. The number of halogens is 2. The lowest BCUT2D eigenvalue weighted by Crippen LogP contribution is -2.33. The number of hydrogen-bond acceptors (Lipinski definition) is 16. The molecule has 16 nitrogen and oxygen atoms in total. The highest BCUT2D eigenvalue weighted by atomic mass is 79.9. The molecule has 1 aromatic heterocycles. The maximum absolute atomic E-state index is 14.0. The molecule has 376 valence electrons. The third kappa shape index (κ3) is 22.2. The lowest BCUT2D eigenvalue weighted by atomic mass is 10.1. The van der Waals surface area contributed by atoms with Crippen LogP contribution in [0.15, 0.2) is 96.0 Å². The summed E-state index contributed by atoms with van der Waals surface area (Å²) >= 11 is 8.85. The zero-order valence-corrected chi connectivity index (χ0v) is 43.6. The average Bonchev–Trinajstić information content (AvgIpc) is 3.69. The Morgan fingerprint density at radius 1 is 0.771 bits per heavy atom. The molecule has 0 spiro atoms. The highest BCUT2D eigenvalue weighted by molar-refractivity contribution is 9.09. The molecular weight excluding hydrogens is 1010 g/mol. The number of ether oxygens (including phenoxy) is 6. The smallest absolute Gasteiger partial charge is 0.407 e. The number of anilines is 3. The summed E-state index contributed by atoms with van der Waals surface area (Å²) in [6.45, 7) is 12.8. The van der Waals surface area contributed by atoms with Crippen LogP contribution in [0.4, 0.5) is 36.3 Å². The van der Waals surface area contributed by atoms with Gasteiger partial charge in [0.05, 0.1) is 38.5 Å². The van der Waals surface area contributed by atoms with Gasteiger partial charge in [-0.2, -0.15) is 0 Å². The van der Waals surface area contributed by atoms with Gasteiger partial charge in [0, 0.05) is 41.5 Å². The van der Waals surface area contributed by atoms with Gasteiger partial charge in [0.2, 0.25) is 5.78 Å². The molecule has 2 amide bonds. The topological polar surface area (TPSA) is 211 Å². The van der Waals surface area contributed by atoms with Gasteiger partial charge in [0.25, 0.3) is 0 Å². The Balaban J connectivity index is 0.000000321. The monoisotopic (exact) mass is 1070 g/mol. The zero-order valence-electron chi connectivity index (χ0n) is 40.4. The van der Waals surface area contributed by atoms with Crippen molar-refractivity contribution >= 4 is 97.1 Å². The van der Waals surface area contributed by atoms with E-state index in [1.54, 1.807) is 76.6 Å². The standard InChI is InChI=1S/C25H29FN4O5S.C16H22N2O3S.C9H9BrO2/c1-25(2,3)35-24(32)28-12-5-13-34-17-9-7-16(8-10-17)29-23-30-22(27)21(36-23)20(31)15-6-11-19(33-4)18(26)14-15;1-16(2,3)21-15(19)18-9-4-11-20-14-7-5-13(6-8-14)17-10-12-22;1-12-8-4-2-3-7(5-8)9(11)6-10/h6-11,14H,5,12-13,27H2,1-4H3,(H,28,32)(H,29,30);5-8,10,12H,4,9,11H2,1-3H3,(H,18,19);2-5H,6H2,1H3. The number of hydrogen-bond donors (Lipinski definition) is 4. The van der Waals surface area contributed by atoms with Crippen LogP contribution >= 0.6 is 39.5 Å². The number of carbonyl (C=O) groups is 4. The second-order valence-electron chi connectivity index (χ2n) is 16.5. The number of Topliss-reactive ketones (excluding diaryl/α,β-unsaturated/α-hetero) is 1. The van der Waals surface area contributed by atoms with Crippen LogP contribution in [0.5, 0.6) is 23.0 Å². The van der Waals surface area contributed by atoms with Crippen molar-refractivity contribution in [2.45, 2.75) is 65.6 Å². The molecule has 0 fully saturated rings. The Hall–Kier alpha value is -6.64. The molecule has 1 heterocycles. The molecule has 0 aliphatic rings. The number of alkyl halides is 1. The van der Waals surface area contributed by atoms with Crippen LogP contribution in [0, 0.1) is 5.82 Å². The molecule has 20 heteroatoms. The minimum Gasteiger partial charge on any atom is -0.497 e. The summed E-state index contributed by atoms with van der Waals surface area (Å²) in [5.41, 5.74) is 7.30. The van der Waals surface area contributed by atoms with E-state index in [9.17, 15) is 23.6 Å². The number of thiazole rings is 1. The van der Waals surface area contributed by atoms with Gasteiger partial charge >= 0.3 is 12.2 Å². The Kier molecular flexibility index (Phi) is 24.2. The van der Waals surface area contributed by atoms with Gasteiger partial charge in [-0.1, -0.05) is 51.6 Å². The molecule has 5 rings (SSSR count). The summed E-state index contributed by atoms with van der Waals surface area (Å²) in [6, 6.07) is 25.6. The van der Waals surface area contributed by atoms with Crippen molar-refractivity contribution in [3.05, 3.63) is 113 Å². The maximum Gasteiger partial charge on any atom is 0.407 e. The molecule has 5 N–H and O–H groups in total. The molecule has 5 aromatic rings. The number of benzene rings is 4. The molecule has 0 bridgehead atoms. The largest absolute Gasteiger partial charge is 0.497 e. The van der Waals surface area contributed by atoms with Crippen molar-refractivity contribution in [2.24, 2.45) is 4.99 Å². The van der Waals surface area contributed by atoms with E-state index in [-0.39, 0.29) is 27.8 Å². The Morgan fingerprint density at radius 3 is 1.84 bits per heavy atom. The fourth-order valence-corrected chi connectivity index (χ4v) is 6.65. The van der Waals surface area contributed by atoms with Crippen LogP contribution in [0.1, 0.15) is 80.0 Å². The molecule has 0 saturated heterocycles. The van der Waals surface area contributed by atoms with E-state index in [0.29, 0.717) is 66.7 Å².